The average Bonchev–Trinajstić information content (AvgIpc) is 2.65. The van der Waals surface area contributed by atoms with Gasteiger partial charge in [0, 0.05) is 19.7 Å². The van der Waals surface area contributed by atoms with E-state index >= 15 is 0 Å². The molecule has 1 aromatic rings. The number of ether oxygens (including phenoxy) is 2. The Hall–Kier alpha value is -1.89. The van der Waals surface area contributed by atoms with E-state index in [1.165, 1.54) is 6.33 Å². The Morgan fingerprint density at radius 2 is 2.04 bits per heavy atom. The van der Waals surface area contributed by atoms with Gasteiger partial charge in [-0.25, -0.2) is 15.0 Å². The number of hydrogen-bond acceptors (Lipinski definition) is 6. The minimum absolute atomic E-state index is 0.142. The lowest BCUT2D eigenvalue weighted by Crippen LogP contribution is -2.38. The SMILES string of the molecule is CC.CC.CN=C(Nc1cc(OC)ncn1)OC1CCCNC1. The number of piperidine rings is 1. The number of hydrogen-bond donors (Lipinski definition) is 2. The maximum Gasteiger partial charge on any atom is 0.290 e. The Bertz CT molecular complexity index is 434. The van der Waals surface area contributed by atoms with Gasteiger partial charge in [-0.15, -0.1) is 0 Å². The highest BCUT2D eigenvalue weighted by Gasteiger charge is 2.16. The van der Waals surface area contributed by atoms with Crippen molar-refractivity contribution in [3.8, 4) is 5.88 Å². The van der Waals surface area contributed by atoms with Crippen LogP contribution in [0.5, 0.6) is 5.88 Å². The lowest BCUT2D eigenvalue weighted by Gasteiger charge is -2.24. The van der Waals surface area contributed by atoms with Crippen LogP contribution in [0, 0.1) is 0 Å². The summed E-state index contributed by atoms with van der Waals surface area (Å²) in [6.45, 7) is 9.89. The zero-order valence-corrected chi connectivity index (χ0v) is 15.2. The first kappa shape index (κ1) is 21.1. The molecule has 1 saturated heterocycles. The van der Waals surface area contributed by atoms with Gasteiger partial charge in [-0.1, -0.05) is 27.7 Å². The van der Waals surface area contributed by atoms with Crippen LogP contribution >= 0.6 is 0 Å². The number of aliphatic imine (C=N–C) groups is 1. The van der Waals surface area contributed by atoms with E-state index in [9.17, 15) is 0 Å². The summed E-state index contributed by atoms with van der Waals surface area (Å²) in [7, 11) is 3.24. The number of methoxy groups -OCH3 is 1. The third-order valence-electron chi connectivity index (χ3n) is 2.82. The minimum atomic E-state index is 0.142. The lowest BCUT2D eigenvalue weighted by atomic mass is 10.1. The summed E-state index contributed by atoms with van der Waals surface area (Å²) in [4.78, 5) is 12.1. The van der Waals surface area contributed by atoms with Gasteiger partial charge in [0.15, 0.2) is 0 Å². The first-order valence-electron chi connectivity index (χ1n) is 8.29. The van der Waals surface area contributed by atoms with Gasteiger partial charge in [0.1, 0.15) is 18.2 Å². The van der Waals surface area contributed by atoms with Crippen LogP contribution in [0.15, 0.2) is 17.4 Å². The van der Waals surface area contributed by atoms with E-state index in [1.54, 1.807) is 20.2 Å². The molecule has 2 N–H and O–H groups in total. The van der Waals surface area contributed by atoms with Crippen molar-refractivity contribution >= 4 is 11.8 Å². The molecule has 0 saturated carbocycles. The molecule has 1 aliphatic heterocycles. The third kappa shape index (κ3) is 8.35. The van der Waals surface area contributed by atoms with Crippen molar-refractivity contribution in [3.05, 3.63) is 12.4 Å². The molecule has 1 aliphatic rings. The fourth-order valence-electron chi connectivity index (χ4n) is 1.85. The number of nitrogens with one attached hydrogen (secondary N) is 2. The van der Waals surface area contributed by atoms with E-state index in [1.807, 2.05) is 27.7 Å². The third-order valence-corrected chi connectivity index (χ3v) is 2.82. The fraction of sp³-hybridized carbons (Fsp3) is 0.688. The average molecular weight is 325 g/mol. The van der Waals surface area contributed by atoms with Crippen molar-refractivity contribution in [2.45, 2.75) is 46.6 Å². The molecule has 0 amide bonds. The molecule has 23 heavy (non-hydrogen) atoms. The smallest absolute Gasteiger partial charge is 0.290 e. The van der Waals surface area contributed by atoms with Gasteiger partial charge in [0.2, 0.25) is 5.88 Å². The molecule has 1 fully saturated rings. The number of rotatable bonds is 3. The molecule has 2 heterocycles. The highest BCUT2D eigenvalue weighted by Crippen LogP contribution is 2.12. The van der Waals surface area contributed by atoms with E-state index in [0.717, 1.165) is 25.9 Å². The van der Waals surface area contributed by atoms with Crippen LogP contribution in [-0.4, -0.2) is 49.3 Å². The second kappa shape index (κ2) is 13.8. The van der Waals surface area contributed by atoms with Crippen LogP contribution in [0.1, 0.15) is 40.5 Å². The van der Waals surface area contributed by atoms with E-state index in [-0.39, 0.29) is 6.10 Å². The molecule has 0 spiro atoms. The van der Waals surface area contributed by atoms with Crippen molar-refractivity contribution in [1.82, 2.24) is 15.3 Å². The predicted molar refractivity (Wildman–Crippen MR) is 95.2 cm³/mol. The van der Waals surface area contributed by atoms with E-state index in [0.29, 0.717) is 17.7 Å². The quantitative estimate of drug-likeness (QED) is 0.657. The van der Waals surface area contributed by atoms with Crippen LogP contribution in [0.25, 0.3) is 0 Å². The van der Waals surface area contributed by atoms with Crippen LogP contribution < -0.4 is 15.4 Å². The summed E-state index contributed by atoms with van der Waals surface area (Å²) in [6.07, 6.45) is 3.71. The second-order valence-corrected chi connectivity index (χ2v) is 4.19. The van der Waals surface area contributed by atoms with Gasteiger partial charge in [-0.05, 0) is 19.4 Å². The van der Waals surface area contributed by atoms with Crippen molar-refractivity contribution in [2.24, 2.45) is 4.99 Å². The monoisotopic (exact) mass is 325 g/mol. The molecule has 0 bridgehead atoms. The molecule has 0 aliphatic carbocycles. The van der Waals surface area contributed by atoms with Crippen LogP contribution in [0.2, 0.25) is 0 Å². The first-order valence-corrected chi connectivity index (χ1v) is 8.29. The summed E-state index contributed by atoms with van der Waals surface area (Å²) < 4.78 is 10.8. The van der Waals surface area contributed by atoms with E-state index < -0.39 is 0 Å². The predicted octanol–water partition coefficient (Wildman–Crippen LogP) is 2.70. The molecule has 0 aromatic carbocycles. The second-order valence-electron chi connectivity index (χ2n) is 4.19. The molecule has 2 rings (SSSR count). The normalized spacial score (nSPS) is 17.0. The van der Waals surface area contributed by atoms with Crippen molar-refractivity contribution in [1.29, 1.82) is 0 Å². The molecular formula is C16H31N5O2. The standard InChI is InChI=1S/C12H19N5O2.2C2H6/c1-13-12(19-9-4-3-5-14-7-9)17-10-6-11(18-2)16-8-15-10;2*1-2/h6,8-9,14H,3-5,7H2,1-2H3,(H,13,15,16,17);2*1-2H3. The lowest BCUT2D eigenvalue weighted by molar-refractivity contribution is 0.154. The van der Waals surface area contributed by atoms with Crippen molar-refractivity contribution < 1.29 is 9.47 Å². The van der Waals surface area contributed by atoms with Gasteiger partial charge in [-0.3, -0.25) is 5.32 Å². The maximum absolute atomic E-state index is 5.79. The minimum Gasteiger partial charge on any atom is -0.481 e. The van der Waals surface area contributed by atoms with E-state index in [2.05, 4.69) is 25.6 Å². The largest absolute Gasteiger partial charge is 0.481 e. The number of anilines is 1. The summed E-state index contributed by atoms with van der Waals surface area (Å²) in [5.74, 6) is 1.09. The Morgan fingerprint density at radius 3 is 2.61 bits per heavy atom. The fourth-order valence-corrected chi connectivity index (χ4v) is 1.85. The molecule has 1 aromatic heterocycles. The Balaban J connectivity index is 0.00000112. The van der Waals surface area contributed by atoms with Crippen LogP contribution in [0.3, 0.4) is 0 Å². The summed E-state index contributed by atoms with van der Waals surface area (Å²) in [5.41, 5.74) is 0. The zero-order chi connectivity index (χ0) is 17.5. The van der Waals surface area contributed by atoms with E-state index in [4.69, 9.17) is 9.47 Å². The highest BCUT2D eigenvalue weighted by atomic mass is 16.5. The number of aromatic nitrogens is 2. The van der Waals surface area contributed by atoms with Crippen LogP contribution in [-0.2, 0) is 4.74 Å². The Labute approximate surface area is 139 Å². The van der Waals surface area contributed by atoms with Gasteiger partial charge in [-0.2, -0.15) is 0 Å². The maximum atomic E-state index is 5.79. The molecule has 7 heteroatoms. The molecule has 1 unspecified atom stereocenters. The molecular weight excluding hydrogens is 294 g/mol. The van der Waals surface area contributed by atoms with Crippen molar-refractivity contribution in [3.63, 3.8) is 0 Å². The first-order chi connectivity index (χ1) is 11.3. The van der Waals surface area contributed by atoms with Gasteiger partial charge >= 0.3 is 0 Å². The highest BCUT2D eigenvalue weighted by molar-refractivity contribution is 5.88. The van der Waals surface area contributed by atoms with Gasteiger partial charge in [0.05, 0.1) is 7.11 Å². The van der Waals surface area contributed by atoms with Crippen molar-refractivity contribution in [2.75, 3.05) is 32.6 Å². The Kier molecular flexibility index (Phi) is 12.6. The molecule has 1 atom stereocenters. The summed E-state index contributed by atoms with van der Waals surface area (Å²) >= 11 is 0. The van der Waals surface area contributed by atoms with Gasteiger partial charge in [0.25, 0.3) is 6.02 Å². The molecule has 0 radical (unpaired) electrons. The van der Waals surface area contributed by atoms with Gasteiger partial charge < -0.3 is 14.8 Å². The topological polar surface area (TPSA) is 80.7 Å². The Morgan fingerprint density at radius 1 is 1.30 bits per heavy atom. The summed E-state index contributed by atoms with van der Waals surface area (Å²) in [6, 6.07) is 2.14. The molecule has 7 nitrogen and oxygen atoms in total. The number of nitrogens with zero attached hydrogens (tertiary/aromatic N) is 3. The summed E-state index contributed by atoms with van der Waals surface area (Å²) in [5, 5.41) is 6.31. The molecule has 132 valence electrons. The zero-order valence-electron chi connectivity index (χ0n) is 15.2. The van der Waals surface area contributed by atoms with Crippen LogP contribution in [0.4, 0.5) is 5.82 Å². The number of amidine groups is 1.